The smallest absolute Gasteiger partial charge is 0.257 e. The minimum atomic E-state index is -0.118. The van der Waals surface area contributed by atoms with Crippen LogP contribution in [-0.2, 0) is 0 Å². The topological polar surface area (TPSA) is 50.2 Å². The molecule has 0 saturated carbocycles. The number of aromatic nitrogens is 2. The number of imidazole rings is 1. The fraction of sp³-hybridized carbons (Fsp3) is 0.238. The minimum absolute atomic E-state index is 0.118. The second-order valence-corrected chi connectivity index (χ2v) is 7.21. The molecule has 2 heterocycles. The van der Waals surface area contributed by atoms with Gasteiger partial charge in [-0.05, 0) is 50.1 Å². The van der Waals surface area contributed by atoms with Crippen molar-refractivity contribution in [2.45, 2.75) is 19.8 Å². The molecule has 1 N–H and O–H groups in total. The third-order valence-corrected chi connectivity index (χ3v) is 5.13. The monoisotopic (exact) mass is 380 g/mol. The molecule has 27 heavy (non-hydrogen) atoms. The number of benzene rings is 2. The lowest BCUT2D eigenvalue weighted by Crippen LogP contribution is -2.23. The van der Waals surface area contributed by atoms with Gasteiger partial charge >= 0.3 is 0 Å². The van der Waals surface area contributed by atoms with Crippen molar-refractivity contribution in [3.05, 3.63) is 71.3 Å². The van der Waals surface area contributed by atoms with Gasteiger partial charge in [-0.1, -0.05) is 23.2 Å². The van der Waals surface area contributed by atoms with Crippen LogP contribution < -0.4 is 10.2 Å². The maximum atomic E-state index is 13.0. The van der Waals surface area contributed by atoms with Crippen LogP contribution in [0.1, 0.15) is 28.8 Å². The van der Waals surface area contributed by atoms with Crippen LogP contribution in [0.15, 0.2) is 55.1 Å². The minimum Gasteiger partial charge on any atom is -0.371 e. The molecule has 0 bridgehead atoms. The summed E-state index contributed by atoms with van der Waals surface area (Å²) in [5.41, 5.74) is 4.25. The lowest BCUT2D eigenvalue weighted by atomic mass is 10.1. The first kappa shape index (κ1) is 17.6. The summed E-state index contributed by atoms with van der Waals surface area (Å²) in [5.74, 6) is -0.118. The summed E-state index contributed by atoms with van der Waals surface area (Å²) in [6.45, 7) is 3.99. The first-order valence-corrected chi connectivity index (χ1v) is 9.44. The largest absolute Gasteiger partial charge is 0.371 e. The van der Waals surface area contributed by atoms with Gasteiger partial charge in [-0.25, -0.2) is 4.98 Å². The Morgan fingerprint density at radius 2 is 1.89 bits per heavy atom. The van der Waals surface area contributed by atoms with Crippen LogP contribution in [-0.4, -0.2) is 28.5 Å². The number of carbonyl (C=O) groups excluding carboxylic acids is 1. The highest BCUT2D eigenvalue weighted by molar-refractivity contribution is 6.32. The Hall–Kier alpha value is -2.79. The van der Waals surface area contributed by atoms with Crippen molar-refractivity contribution < 1.29 is 4.79 Å². The van der Waals surface area contributed by atoms with Crippen LogP contribution in [0.4, 0.5) is 11.4 Å². The number of hydrogen-bond acceptors (Lipinski definition) is 3. The molecule has 2 aromatic carbocycles. The van der Waals surface area contributed by atoms with Gasteiger partial charge in [0.2, 0.25) is 0 Å². The highest BCUT2D eigenvalue weighted by atomic mass is 35.5. The molecule has 0 unspecified atom stereocenters. The van der Waals surface area contributed by atoms with E-state index in [1.54, 1.807) is 18.6 Å². The maximum Gasteiger partial charge on any atom is 0.257 e. The van der Waals surface area contributed by atoms with Crippen LogP contribution in [0.5, 0.6) is 0 Å². The third-order valence-electron chi connectivity index (χ3n) is 4.83. The molecule has 4 rings (SSSR count). The van der Waals surface area contributed by atoms with Gasteiger partial charge in [-0.3, -0.25) is 4.79 Å². The number of halogens is 1. The molecule has 0 atom stereocenters. The van der Waals surface area contributed by atoms with Crippen molar-refractivity contribution in [2.75, 3.05) is 23.3 Å². The van der Waals surface area contributed by atoms with E-state index in [1.807, 2.05) is 42.0 Å². The number of rotatable bonds is 4. The zero-order chi connectivity index (χ0) is 18.8. The van der Waals surface area contributed by atoms with Crippen molar-refractivity contribution in [1.29, 1.82) is 0 Å². The van der Waals surface area contributed by atoms with Crippen molar-refractivity contribution in [3.63, 3.8) is 0 Å². The fourth-order valence-corrected chi connectivity index (χ4v) is 3.74. The normalized spacial score (nSPS) is 13.8. The summed E-state index contributed by atoms with van der Waals surface area (Å²) in [5, 5.41) is 3.54. The summed E-state index contributed by atoms with van der Waals surface area (Å²) in [6.07, 6.45) is 7.55. The van der Waals surface area contributed by atoms with Crippen LogP contribution in [0, 0.1) is 6.92 Å². The first-order valence-electron chi connectivity index (χ1n) is 9.06. The molecule has 1 aromatic heterocycles. The van der Waals surface area contributed by atoms with Gasteiger partial charge < -0.3 is 14.8 Å². The number of amides is 1. The maximum absolute atomic E-state index is 13.0. The standard InChI is InChI=1S/C21H21ClN4O/c1-15-4-6-19(25-9-2-3-10-25)17(12-15)21(27)24-16-5-7-20(18(22)13-16)26-11-8-23-14-26/h4-8,11-14H,2-3,9-10H2,1H3,(H,24,27). The predicted molar refractivity (Wildman–Crippen MR) is 109 cm³/mol. The van der Waals surface area contributed by atoms with Crippen LogP contribution in [0.2, 0.25) is 5.02 Å². The van der Waals surface area contributed by atoms with Gasteiger partial charge in [0.15, 0.2) is 0 Å². The molecule has 1 aliphatic heterocycles. The molecule has 3 aromatic rings. The molecule has 5 nitrogen and oxygen atoms in total. The average Bonchev–Trinajstić information content (AvgIpc) is 3.36. The SMILES string of the molecule is Cc1ccc(N2CCCC2)c(C(=O)Nc2ccc(-n3ccnc3)c(Cl)c2)c1. The average molecular weight is 381 g/mol. The Bertz CT molecular complexity index is 962. The van der Waals surface area contributed by atoms with Gasteiger partial charge in [-0.15, -0.1) is 0 Å². The number of anilines is 2. The highest BCUT2D eigenvalue weighted by Crippen LogP contribution is 2.28. The summed E-state index contributed by atoms with van der Waals surface area (Å²) < 4.78 is 1.83. The summed E-state index contributed by atoms with van der Waals surface area (Å²) in [4.78, 5) is 19.3. The molecule has 6 heteroatoms. The van der Waals surface area contributed by atoms with E-state index >= 15 is 0 Å². The molecule has 1 aliphatic rings. The summed E-state index contributed by atoms with van der Waals surface area (Å²) >= 11 is 6.40. The molecule has 1 saturated heterocycles. The molecule has 0 spiro atoms. The number of carbonyl (C=O) groups is 1. The number of nitrogens with one attached hydrogen (secondary N) is 1. The Morgan fingerprint density at radius 1 is 1.11 bits per heavy atom. The third kappa shape index (κ3) is 3.69. The van der Waals surface area contributed by atoms with Crippen molar-refractivity contribution in [1.82, 2.24) is 9.55 Å². The van der Waals surface area contributed by atoms with Gasteiger partial charge in [0.1, 0.15) is 0 Å². The lowest BCUT2D eigenvalue weighted by molar-refractivity contribution is 0.102. The molecule has 0 radical (unpaired) electrons. The van der Waals surface area contributed by atoms with Crippen molar-refractivity contribution in [3.8, 4) is 5.69 Å². The molecular weight excluding hydrogens is 360 g/mol. The van der Waals surface area contributed by atoms with E-state index in [0.29, 0.717) is 16.3 Å². The molecule has 1 amide bonds. The Balaban J connectivity index is 1.59. The van der Waals surface area contributed by atoms with Crippen LogP contribution in [0.25, 0.3) is 5.69 Å². The Morgan fingerprint density at radius 3 is 2.59 bits per heavy atom. The van der Waals surface area contributed by atoms with Gasteiger partial charge in [0.25, 0.3) is 5.91 Å². The van der Waals surface area contributed by atoms with Crippen LogP contribution in [0.3, 0.4) is 0 Å². The first-order chi connectivity index (χ1) is 13.1. The second kappa shape index (κ2) is 7.45. The number of nitrogens with zero attached hydrogens (tertiary/aromatic N) is 3. The van der Waals surface area contributed by atoms with E-state index in [0.717, 1.165) is 30.0 Å². The van der Waals surface area contributed by atoms with E-state index < -0.39 is 0 Å². The number of aryl methyl sites for hydroxylation is 1. The predicted octanol–water partition coefficient (Wildman–Crippen LogP) is 4.69. The molecule has 0 aliphatic carbocycles. The van der Waals surface area contributed by atoms with E-state index in [9.17, 15) is 4.79 Å². The van der Waals surface area contributed by atoms with E-state index in [1.165, 1.54) is 12.8 Å². The van der Waals surface area contributed by atoms with Gasteiger partial charge in [0.05, 0.1) is 22.6 Å². The van der Waals surface area contributed by atoms with Gasteiger partial charge in [0, 0.05) is 36.9 Å². The number of hydrogen-bond donors (Lipinski definition) is 1. The zero-order valence-corrected chi connectivity index (χ0v) is 15.9. The van der Waals surface area contributed by atoms with Crippen molar-refractivity contribution >= 4 is 28.9 Å². The van der Waals surface area contributed by atoms with E-state index in [-0.39, 0.29) is 5.91 Å². The van der Waals surface area contributed by atoms with Crippen LogP contribution >= 0.6 is 11.6 Å². The Labute approximate surface area is 163 Å². The second-order valence-electron chi connectivity index (χ2n) is 6.81. The summed E-state index contributed by atoms with van der Waals surface area (Å²) in [6, 6.07) is 11.5. The Kier molecular flexibility index (Phi) is 4.86. The molecule has 1 fully saturated rings. The van der Waals surface area contributed by atoms with E-state index in [2.05, 4.69) is 21.3 Å². The summed E-state index contributed by atoms with van der Waals surface area (Å²) in [7, 11) is 0. The lowest BCUT2D eigenvalue weighted by Gasteiger charge is -2.21. The van der Waals surface area contributed by atoms with E-state index in [4.69, 9.17) is 11.6 Å². The molecule has 138 valence electrons. The fourth-order valence-electron chi connectivity index (χ4n) is 3.46. The van der Waals surface area contributed by atoms with Gasteiger partial charge in [-0.2, -0.15) is 0 Å². The highest BCUT2D eigenvalue weighted by Gasteiger charge is 2.20. The molecular formula is C21H21ClN4O. The van der Waals surface area contributed by atoms with Crippen molar-refractivity contribution in [2.24, 2.45) is 0 Å². The zero-order valence-electron chi connectivity index (χ0n) is 15.2. The quantitative estimate of drug-likeness (QED) is 0.714.